The van der Waals surface area contributed by atoms with Crippen LogP contribution in [0.2, 0.25) is 0 Å². The molecule has 2 rings (SSSR count). The molecule has 1 aromatic rings. The molecule has 3 atom stereocenters. The van der Waals surface area contributed by atoms with Gasteiger partial charge >= 0.3 is 5.97 Å². The standard InChI is InChI=1S/C27H38O5.6CH4/c1-4-18-30-27(31-19-17-25(29)20-26(5-2)32-21(3)28)24-15-13-23(14-16-24)12-11-22-9-7-6-8-10-22;;;;;;/h6-7,9,11-16,25-27,29H,4-5,8,10,17-20H2,1-3H3;6*1H4. The van der Waals surface area contributed by atoms with Crippen molar-refractivity contribution < 1.29 is 24.1 Å². The molecule has 0 fully saturated rings. The minimum Gasteiger partial charge on any atom is -0.462 e. The number of benzene rings is 1. The smallest absolute Gasteiger partial charge is 0.302 e. The van der Waals surface area contributed by atoms with Gasteiger partial charge < -0.3 is 19.3 Å². The fraction of sp³-hybridized carbons (Fsp3) is 0.606. The van der Waals surface area contributed by atoms with Crippen LogP contribution in [0.15, 0.2) is 54.1 Å². The first-order chi connectivity index (χ1) is 15.5. The lowest BCUT2D eigenvalue weighted by molar-refractivity contribution is -0.153. The van der Waals surface area contributed by atoms with Gasteiger partial charge in [0.2, 0.25) is 0 Å². The Hall–Kier alpha value is -2.21. The number of aliphatic hydroxyl groups is 1. The zero-order chi connectivity index (χ0) is 23.2. The lowest BCUT2D eigenvalue weighted by atomic mass is 10.0. The molecule has 1 aromatic carbocycles. The molecule has 0 amide bonds. The fourth-order valence-electron chi connectivity index (χ4n) is 3.46. The molecule has 224 valence electrons. The summed E-state index contributed by atoms with van der Waals surface area (Å²) in [6, 6.07) is 8.19. The molecule has 0 aliphatic heterocycles. The number of ether oxygens (including phenoxy) is 3. The normalized spacial score (nSPS) is 13.9. The van der Waals surface area contributed by atoms with Gasteiger partial charge in [-0.25, -0.2) is 0 Å². The molecule has 5 nitrogen and oxygen atoms in total. The van der Waals surface area contributed by atoms with Gasteiger partial charge in [0.05, 0.1) is 12.7 Å². The highest BCUT2D eigenvalue weighted by Gasteiger charge is 2.17. The third-order valence-corrected chi connectivity index (χ3v) is 5.26. The fourth-order valence-corrected chi connectivity index (χ4v) is 3.46. The predicted octanol–water partition coefficient (Wildman–Crippen LogP) is 9.72. The van der Waals surface area contributed by atoms with Gasteiger partial charge in [-0.1, -0.05) is 113 Å². The topological polar surface area (TPSA) is 65.0 Å². The minimum atomic E-state index is -0.595. The second kappa shape index (κ2) is 26.4. The monoisotopic (exact) mass is 538 g/mol. The molecule has 0 saturated heterocycles. The van der Waals surface area contributed by atoms with Crippen LogP contribution in [0.4, 0.5) is 0 Å². The van der Waals surface area contributed by atoms with Crippen molar-refractivity contribution in [3.8, 4) is 0 Å². The van der Waals surface area contributed by atoms with E-state index >= 15 is 0 Å². The Morgan fingerprint density at radius 3 is 2.13 bits per heavy atom. The number of hydrogen-bond acceptors (Lipinski definition) is 5. The third-order valence-electron chi connectivity index (χ3n) is 5.26. The van der Waals surface area contributed by atoms with Crippen molar-refractivity contribution in [2.24, 2.45) is 0 Å². The van der Waals surface area contributed by atoms with Crippen LogP contribution in [-0.4, -0.2) is 36.5 Å². The molecular formula is C33H62O5. The van der Waals surface area contributed by atoms with Crippen LogP contribution >= 0.6 is 0 Å². The van der Waals surface area contributed by atoms with Crippen LogP contribution in [0.1, 0.15) is 121 Å². The minimum absolute atomic E-state index is 0. The van der Waals surface area contributed by atoms with Gasteiger partial charge in [-0.3, -0.25) is 4.79 Å². The average molecular weight is 539 g/mol. The van der Waals surface area contributed by atoms with E-state index in [4.69, 9.17) is 14.2 Å². The summed E-state index contributed by atoms with van der Waals surface area (Å²) in [6.45, 7) is 6.34. The molecule has 5 heteroatoms. The highest BCUT2D eigenvalue weighted by atomic mass is 16.7. The van der Waals surface area contributed by atoms with E-state index in [1.54, 1.807) is 0 Å². The van der Waals surface area contributed by atoms with E-state index in [0.29, 0.717) is 32.5 Å². The van der Waals surface area contributed by atoms with E-state index in [2.05, 4.69) is 49.4 Å². The Labute approximate surface area is 237 Å². The predicted molar refractivity (Wildman–Crippen MR) is 168 cm³/mol. The number of aliphatic hydroxyl groups excluding tert-OH is 1. The molecule has 38 heavy (non-hydrogen) atoms. The van der Waals surface area contributed by atoms with Crippen LogP contribution in [-0.2, 0) is 19.0 Å². The van der Waals surface area contributed by atoms with E-state index < -0.39 is 12.4 Å². The highest BCUT2D eigenvalue weighted by molar-refractivity contribution is 5.66. The summed E-state index contributed by atoms with van der Waals surface area (Å²) in [5.74, 6) is -0.320. The van der Waals surface area contributed by atoms with Gasteiger partial charge in [0.1, 0.15) is 6.10 Å². The summed E-state index contributed by atoms with van der Waals surface area (Å²) >= 11 is 0. The van der Waals surface area contributed by atoms with Crippen molar-refractivity contribution in [1.82, 2.24) is 0 Å². The molecule has 1 N–H and O–H groups in total. The summed E-state index contributed by atoms with van der Waals surface area (Å²) < 4.78 is 17.1. The molecule has 0 bridgehead atoms. The largest absolute Gasteiger partial charge is 0.462 e. The molecule has 3 unspecified atom stereocenters. The van der Waals surface area contributed by atoms with E-state index in [1.807, 2.05) is 19.1 Å². The molecule has 0 radical (unpaired) electrons. The van der Waals surface area contributed by atoms with Crippen LogP contribution in [0.3, 0.4) is 0 Å². The first kappa shape index (κ1) is 45.7. The second-order valence-corrected chi connectivity index (χ2v) is 8.10. The van der Waals surface area contributed by atoms with Gasteiger partial charge in [0, 0.05) is 25.5 Å². The van der Waals surface area contributed by atoms with E-state index in [1.165, 1.54) is 12.5 Å². The molecular weight excluding hydrogens is 476 g/mol. The SMILES string of the molecule is C.C.C.C.C.C.CCCOC(OCCC(O)CC(CC)OC(C)=O)c1ccc(C=CC2=CC=CCC2)cc1. The van der Waals surface area contributed by atoms with Crippen molar-refractivity contribution in [2.45, 2.75) is 122 Å². The van der Waals surface area contributed by atoms with Crippen LogP contribution in [0.25, 0.3) is 6.08 Å². The molecule has 0 saturated carbocycles. The summed E-state index contributed by atoms with van der Waals surface area (Å²) in [6.07, 6.45) is 14.0. The van der Waals surface area contributed by atoms with Gasteiger partial charge in [-0.15, -0.1) is 0 Å². The maximum Gasteiger partial charge on any atom is 0.302 e. The lowest BCUT2D eigenvalue weighted by Crippen LogP contribution is -2.23. The molecule has 1 aliphatic carbocycles. The number of carbonyl (C=O) groups is 1. The zero-order valence-electron chi connectivity index (χ0n) is 19.7. The Morgan fingerprint density at radius 2 is 1.61 bits per heavy atom. The average Bonchev–Trinajstić information content (AvgIpc) is 2.80. The molecule has 0 aromatic heterocycles. The van der Waals surface area contributed by atoms with E-state index in [0.717, 1.165) is 30.4 Å². The Bertz CT molecular complexity index is 764. The Kier molecular flexibility index (Phi) is 31.7. The lowest BCUT2D eigenvalue weighted by Gasteiger charge is -2.21. The zero-order valence-corrected chi connectivity index (χ0v) is 19.7. The van der Waals surface area contributed by atoms with Crippen molar-refractivity contribution >= 4 is 12.0 Å². The number of hydrogen-bond donors (Lipinski definition) is 1. The summed E-state index contributed by atoms with van der Waals surface area (Å²) in [5.41, 5.74) is 3.42. The summed E-state index contributed by atoms with van der Waals surface area (Å²) in [5, 5.41) is 10.3. The quantitative estimate of drug-likeness (QED) is 0.189. The van der Waals surface area contributed by atoms with Gasteiger partial charge in [-0.05, 0) is 43.2 Å². The van der Waals surface area contributed by atoms with Crippen molar-refractivity contribution in [1.29, 1.82) is 0 Å². The van der Waals surface area contributed by atoms with Crippen LogP contribution < -0.4 is 0 Å². The molecule has 0 spiro atoms. The Balaban J connectivity index is -0.000000605. The maximum atomic E-state index is 11.1. The number of rotatable bonds is 14. The second-order valence-electron chi connectivity index (χ2n) is 8.10. The van der Waals surface area contributed by atoms with Gasteiger partial charge in [0.25, 0.3) is 0 Å². The maximum absolute atomic E-state index is 11.1. The Morgan fingerprint density at radius 1 is 0.974 bits per heavy atom. The molecule has 1 aliphatic rings. The highest BCUT2D eigenvalue weighted by Crippen LogP contribution is 2.22. The van der Waals surface area contributed by atoms with Crippen LogP contribution in [0, 0.1) is 0 Å². The summed E-state index contributed by atoms with van der Waals surface area (Å²) in [7, 11) is 0. The van der Waals surface area contributed by atoms with Crippen molar-refractivity contribution in [3.63, 3.8) is 0 Å². The third kappa shape index (κ3) is 18.1. The number of allylic oxidation sites excluding steroid dienone is 5. The van der Waals surface area contributed by atoms with Crippen molar-refractivity contribution in [3.05, 3.63) is 65.3 Å². The first-order valence-electron chi connectivity index (χ1n) is 11.7. The van der Waals surface area contributed by atoms with Crippen LogP contribution in [0.5, 0.6) is 0 Å². The first-order valence-corrected chi connectivity index (χ1v) is 11.7. The van der Waals surface area contributed by atoms with Gasteiger partial charge in [-0.2, -0.15) is 0 Å². The molecule has 0 heterocycles. The summed E-state index contributed by atoms with van der Waals surface area (Å²) in [4.78, 5) is 11.1. The van der Waals surface area contributed by atoms with Crippen molar-refractivity contribution in [2.75, 3.05) is 13.2 Å². The van der Waals surface area contributed by atoms with E-state index in [-0.39, 0.29) is 56.6 Å². The van der Waals surface area contributed by atoms with E-state index in [9.17, 15) is 9.90 Å². The number of esters is 1. The van der Waals surface area contributed by atoms with Gasteiger partial charge in [0.15, 0.2) is 6.29 Å². The number of carbonyl (C=O) groups excluding carboxylic acids is 1.